The Hall–Kier alpha value is -1.89. The average Bonchev–Trinajstić information content (AvgIpc) is 2.76. The van der Waals surface area contributed by atoms with Crippen LogP contribution in [-0.2, 0) is 14.6 Å². The number of sulfone groups is 1. The van der Waals surface area contributed by atoms with Crippen molar-refractivity contribution in [3.63, 3.8) is 0 Å². The van der Waals surface area contributed by atoms with E-state index >= 15 is 0 Å². The van der Waals surface area contributed by atoms with E-state index in [0.717, 1.165) is 6.08 Å². The molecule has 1 fully saturated rings. The van der Waals surface area contributed by atoms with Crippen LogP contribution in [0, 0.1) is 5.82 Å². The molecule has 1 aromatic carbocycles. The van der Waals surface area contributed by atoms with E-state index in [-0.39, 0.29) is 23.1 Å². The number of nitrogens with zero attached hydrogens (tertiary/aromatic N) is 1. The van der Waals surface area contributed by atoms with Gasteiger partial charge in [-0.25, -0.2) is 17.6 Å². The number of anilines is 1. The minimum absolute atomic E-state index is 0.0299. The molecule has 21 heavy (non-hydrogen) atoms. The molecular formula is C14H16FNO4S. The number of carboxylic acids is 1. The van der Waals surface area contributed by atoms with Gasteiger partial charge in [-0.15, -0.1) is 0 Å². The SMILES string of the molecule is CN(c1cccc(F)c1/C=C/C(=O)O)C1CCS(=O)(=O)C1. The lowest BCUT2D eigenvalue weighted by molar-refractivity contribution is -0.131. The van der Waals surface area contributed by atoms with Gasteiger partial charge in [0.1, 0.15) is 5.82 Å². The molecule has 5 nitrogen and oxygen atoms in total. The fourth-order valence-electron chi connectivity index (χ4n) is 2.43. The highest BCUT2D eigenvalue weighted by Gasteiger charge is 2.31. The molecule has 2 rings (SSSR count). The fourth-order valence-corrected chi connectivity index (χ4v) is 4.20. The van der Waals surface area contributed by atoms with Crippen LogP contribution in [0.2, 0.25) is 0 Å². The Morgan fingerprint density at radius 3 is 2.76 bits per heavy atom. The van der Waals surface area contributed by atoms with Crippen molar-refractivity contribution in [3.05, 3.63) is 35.7 Å². The van der Waals surface area contributed by atoms with Gasteiger partial charge in [-0.2, -0.15) is 0 Å². The van der Waals surface area contributed by atoms with Crippen LogP contribution in [0.15, 0.2) is 24.3 Å². The van der Waals surface area contributed by atoms with Crippen molar-refractivity contribution in [3.8, 4) is 0 Å². The predicted octanol–water partition coefficient (Wildman–Crippen LogP) is 1.55. The minimum Gasteiger partial charge on any atom is -0.478 e. The van der Waals surface area contributed by atoms with Crippen LogP contribution in [0.3, 0.4) is 0 Å². The third-order valence-corrected chi connectivity index (χ3v) is 5.31. The average molecular weight is 313 g/mol. The molecule has 0 aliphatic carbocycles. The minimum atomic E-state index is -3.04. The number of aliphatic carboxylic acids is 1. The van der Waals surface area contributed by atoms with Gasteiger partial charge in [-0.05, 0) is 24.6 Å². The molecule has 0 radical (unpaired) electrons. The van der Waals surface area contributed by atoms with Gasteiger partial charge >= 0.3 is 5.97 Å². The van der Waals surface area contributed by atoms with Crippen molar-refractivity contribution in [1.29, 1.82) is 0 Å². The van der Waals surface area contributed by atoms with E-state index in [1.807, 2.05) is 0 Å². The smallest absolute Gasteiger partial charge is 0.328 e. The number of rotatable bonds is 4. The first-order chi connectivity index (χ1) is 9.80. The van der Waals surface area contributed by atoms with Gasteiger partial charge in [0, 0.05) is 30.4 Å². The number of carbonyl (C=O) groups is 1. The van der Waals surface area contributed by atoms with Crippen LogP contribution in [0.1, 0.15) is 12.0 Å². The molecule has 1 aliphatic rings. The molecule has 1 aromatic rings. The second-order valence-corrected chi connectivity index (χ2v) is 7.24. The first-order valence-electron chi connectivity index (χ1n) is 6.43. The summed E-state index contributed by atoms with van der Waals surface area (Å²) in [6.45, 7) is 0. The van der Waals surface area contributed by atoms with Gasteiger partial charge in [0.05, 0.1) is 11.5 Å². The standard InChI is InChI=1S/C14H16FNO4S/c1-16(10-7-8-21(19,20)9-10)13-4-2-3-12(15)11(13)5-6-14(17)18/h2-6,10H,7-9H2,1H3,(H,17,18)/b6-5+. The molecule has 7 heteroatoms. The molecule has 1 heterocycles. The largest absolute Gasteiger partial charge is 0.478 e. The van der Waals surface area contributed by atoms with Crippen molar-refractivity contribution in [1.82, 2.24) is 0 Å². The normalized spacial score (nSPS) is 20.8. The van der Waals surface area contributed by atoms with Crippen molar-refractivity contribution in [2.45, 2.75) is 12.5 Å². The summed E-state index contributed by atoms with van der Waals surface area (Å²) in [6.07, 6.45) is 2.53. The van der Waals surface area contributed by atoms with E-state index in [1.165, 1.54) is 18.2 Å². The summed E-state index contributed by atoms with van der Waals surface area (Å²) in [7, 11) is -1.35. The maximum atomic E-state index is 13.9. The van der Waals surface area contributed by atoms with Crippen molar-refractivity contribution in [2.75, 3.05) is 23.5 Å². The van der Waals surface area contributed by atoms with E-state index in [9.17, 15) is 17.6 Å². The van der Waals surface area contributed by atoms with Gasteiger partial charge in [0.25, 0.3) is 0 Å². The Bertz CT molecular complexity index is 684. The maximum Gasteiger partial charge on any atom is 0.328 e. The first-order valence-corrected chi connectivity index (χ1v) is 8.25. The third kappa shape index (κ3) is 3.60. The van der Waals surface area contributed by atoms with Crippen LogP contribution in [0.25, 0.3) is 6.08 Å². The first kappa shape index (κ1) is 15.5. The zero-order chi connectivity index (χ0) is 15.6. The lowest BCUT2D eigenvalue weighted by atomic mass is 10.1. The number of carboxylic acid groups (broad SMARTS) is 1. The van der Waals surface area contributed by atoms with Crippen molar-refractivity contribution < 1.29 is 22.7 Å². The van der Waals surface area contributed by atoms with Gasteiger partial charge in [0.15, 0.2) is 9.84 Å². The van der Waals surface area contributed by atoms with Gasteiger partial charge in [-0.1, -0.05) is 6.07 Å². The molecule has 0 saturated carbocycles. The van der Waals surface area contributed by atoms with Gasteiger partial charge in [0.2, 0.25) is 0 Å². The molecule has 1 atom stereocenters. The second kappa shape index (κ2) is 5.85. The zero-order valence-corrected chi connectivity index (χ0v) is 12.3. The Morgan fingerprint density at radius 2 is 2.19 bits per heavy atom. The fraction of sp³-hybridized carbons (Fsp3) is 0.357. The summed E-state index contributed by atoms with van der Waals surface area (Å²) in [5.41, 5.74) is 0.626. The van der Waals surface area contributed by atoms with E-state index < -0.39 is 21.6 Å². The molecule has 1 saturated heterocycles. The summed E-state index contributed by atoms with van der Waals surface area (Å²) in [5, 5.41) is 8.67. The number of hydrogen-bond acceptors (Lipinski definition) is 4. The maximum absolute atomic E-state index is 13.9. The summed E-state index contributed by atoms with van der Waals surface area (Å²) < 4.78 is 37.0. The molecule has 0 aromatic heterocycles. The number of hydrogen-bond donors (Lipinski definition) is 1. The molecule has 0 bridgehead atoms. The Labute approximate surface area is 122 Å². The van der Waals surface area contributed by atoms with Crippen LogP contribution < -0.4 is 4.90 Å². The molecule has 0 amide bonds. The van der Waals surface area contributed by atoms with E-state index in [0.29, 0.717) is 12.1 Å². The van der Waals surface area contributed by atoms with Crippen molar-refractivity contribution >= 4 is 27.6 Å². The van der Waals surface area contributed by atoms with Gasteiger partial charge < -0.3 is 10.0 Å². The van der Waals surface area contributed by atoms with Crippen LogP contribution in [0.5, 0.6) is 0 Å². The topological polar surface area (TPSA) is 74.7 Å². The predicted molar refractivity (Wildman–Crippen MR) is 78.5 cm³/mol. The van der Waals surface area contributed by atoms with Crippen molar-refractivity contribution in [2.24, 2.45) is 0 Å². The van der Waals surface area contributed by atoms with Crippen LogP contribution >= 0.6 is 0 Å². The molecule has 0 spiro atoms. The summed E-state index contributed by atoms with van der Waals surface area (Å²) in [6, 6.07) is 4.18. The van der Waals surface area contributed by atoms with Crippen LogP contribution in [0.4, 0.5) is 10.1 Å². The Balaban J connectivity index is 2.35. The summed E-state index contributed by atoms with van der Waals surface area (Å²) in [5.74, 6) is -1.56. The Morgan fingerprint density at radius 1 is 1.48 bits per heavy atom. The second-order valence-electron chi connectivity index (χ2n) is 5.01. The molecular weight excluding hydrogens is 297 g/mol. The highest BCUT2D eigenvalue weighted by molar-refractivity contribution is 7.91. The van der Waals surface area contributed by atoms with E-state index in [4.69, 9.17) is 5.11 Å². The number of halogens is 1. The highest BCUT2D eigenvalue weighted by Crippen LogP contribution is 2.28. The quantitative estimate of drug-likeness (QED) is 0.854. The van der Waals surface area contributed by atoms with Gasteiger partial charge in [-0.3, -0.25) is 0 Å². The zero-order valence-electron chi connectivity index (χ0n) is 11.5. The van der Waals surface area contributed by atoms with E-state index in [2.05, 4.69) is 0 Å². The number of benzene rings is 1. The molecule has 1 unspecified atom stereocenters. The Kier molecular flexibility index (Phi) is 4.32. The lowest BCUT2D eigenvalue weighted by Gasteiger charge is -2.27. The monoisotopic (exact) mass is 313 g/mol. The summed E-state index contributed by atoms with van der Waals surface area (Å²) >= 11 is 0. The van der Waals surface area contributed by atoms with E-state index in [1.54, 1.807) is 18.0 Å². The van der Waals surface area contributed by atoms with Crippen LogP contribution in [-0.4, -0.2) is 44.1 Å². The third-order valence-electron chi connectivity index (χ3n) is 3.56. The molecule has 1 N–H and O–H groups in total. The summed E-state index contributed by atoms with van der Waals surface area (Å²) in [4.78, 5) is 12.3. The highest BCUT2D eigenvalue weighted by atomic mass is 32.2. The molecule has 1 aliphatic heterocycles. The lowest BCUT2D eigenvalue weighted by Crippen LogP contribution is -2.33. The molecule has 114 valence electrons.